The van der Waals surface area contributed by atoms with Gasteiger partial charge in [0.25, 0.3) is 0 Å². The second-order valence-electron chi connectivity index (χ2n) is 4.93. The number of thiazole rings is 1. The smallest absolute Gasteiger partial charge is 0.195 e. The molecule has 0 amide bonds. The van der Waals surface area contributed by atoms with Crippen molar-refractivity contribution in [2.45, 2.75) is 30.4 Å². The molecule has 2 aliphatic heterocycles. The Balaban J connectivity index is 1.75. The third kappa shape index (κ3) is 1.62. The number of aromatic nitrogens is 2. The summed E-state index contributed by atoms with van der Waals surface area (Å²) in [6.45, 7) is 1.97. The van der Waals surface area contributed by atoms with Crippen molar-refractivity contribution >= 4 is 38.0 Å². The summed E-state index contributed by atoms with van der Waals surface area (Å²) in [5.41, 5.74) is 1.26. The van der Waals surface area contributed by atoms with Gasteiger partial charge in [0.2, 0.25) is 0 Å². The Morgan fingerprint density at radius 2 is 2.17 bits per heavy atom. The van der Waals surface area contributed by atoms with E-state index in [1.165, 1.54) is 18.5 Å². The van der Waals surface area contributed by atoms with Crippen LogP contribution in [0, 0.1) is 0 Å². The first kappa shape index (κ1) is 11.3. The summed E-state index contributed by atoms with van der Waals surface area (Å²) in [7, 11) is 0. The molecule has 2 aliphatic rings. The highest BCUT2D eigenvalue weighted by molar-refractivity contribution is 9.08. The van der Waals surface area contributed by atoms with E-state index < -0.39 is 0 Å². The lowest BCUT2D eigenvalue weighted by Crippen LogP contribution is -2.43. The van der Waals surface area contributed by atoms with E-state index in [1.807, 2.05) is 0 Å². The van der Waals surface area contributed by atoms with E-state index in [-0.39, 0.29) is 0 Å². The molecule has 4 nitrogen and oxygen atoms in total. The Morgan fingerprint density at radius 3 is 2.89 bits per heavy atom. The van der Waals surface area contributed by atoms with Crippen molar-refractivity contribution in [3.8, 4) is 0 Å². The average Bonchev–Trinajstić information content (AvgIpc) is 3.03. The van der Waals surface area contributed by atoms with Crippen LogP contribution in [0.1, 0.15) is 18.5 Å². The van der Waals surface area contributed by atoms with Crippen molar-refractivity contribution in [1.29, 1.82) is 0 Å². The van der Waals surface area contributed by atoms with Gasteiger partial charge < -0.3 is 9.64 Å². The summed E-state index contributed by atoms with van der Waals surface area (Å²) in [4.78, 5) is 8.27. The summed E-state index contributed by atoms with van der Waals surface area (Å²) in [6.07, 6.45) is 5.32. The molecule has 0 aliphatic carbocycles. The number of alkyl halides is 1. The van der Waals surface area contributed by atoms with Crippen molar-refractivity contribution in [1.82, 2.24) is 9.38 Å². The van der Waals surface area contributed by atoms with Crippen molar-refractivity contribution in [3.05, 3.63) is 17.3 Å². The van der Waals surface area contributed by atoms with Crippen LogP contribution >= 0.6 is 27.3 Å². The highest BCUT2D eigenvalue weighted by Crippen LogP contribution is 2.32. The van der Waals surface area contributed by atoms with Gasteiger partial charge in [-0.05, 0) is 12.8 Å². The molecular weight excluding hydrogens is 314 g/mol. The van der Waals surface area contributed by atoms with Crippen LogP contribution < -0.4 is 4.90 Å². The van der Waals surface area contributed by atoms with Crippen LogP contribution in [0.5, 0.6) is 0 Å². The number of hydrogen-bond acceptors (Lipinski definition) is 4. The average molecular weight is 328 g/mol. The van der Waals surface area contributed by atoms with Crippen LogP contribution in [-0.2, 0) is 10.1 Å². The number of fused-ring (bicyclic) bond motifs is 3. The van der Waals surface area contributed by atoms with E-state index >= 15 is 0 Å². The number of anilines is 1. The van der Waals surface area contributed by atoms with E-state index in [1.54, 1.807) is 11.3 Å². The van der Waals surface area contributed by atoms with Crippen LogP contribution in [0.15, 0.2) is 11.6 Å². The minimum atomic E-state index is 0.409. The zero-order valence-corrected chi connectivity index (χ0v) is 12.3. The Labute approximate surface area is 118 Å². The predicted molar refractivity (Wildman–Crippen MR) is 75.8 cm³/mol. The van der Waals surface area contributed by atoms with Crippen molar-refractivity contribution in [3.63, 3.8) is 0 Å². The fraction of sp³-hybridized carbons (Fsp3) is 0.583. The second-order valence-corrected chi connectivity index (χ2v) is 6.37. The second kappa shape index (κ2) is 4.21. The number of rotatable bonds is 2. The van der Waals surface area contributed by atoms with Gasteiger partial charge in [-0.3, -0.25) is 4.40 Å². The minimum Gasteiger partial charge on any atom is -0.371 e. The zero-order valence-electron chi connectivity index (χ0n) is 9.88. The SMILES string of the molecule is BrCc1c(N2CC3CCC(C2)O3)nc2sccn12. The predicted octanol–water partition coefficient (Wildman–Crippen LogP) is 2.66. The molecule has 0 spiro atoms. The standard InChI is InChI=1S/C12H14BrN3OS/c13-5-10-11(14-12-16(10)3-4-18-12)15-6-8-1-2-9(7-15)17-8/h3-4,8-9H,1-2,5-7H2. The summed E-state index contributed by atoms with van der Waals surface area (Å²) in [5, 5.41) is 2.92. The largest absolute Gasteiger partial charge is 0.371 e. The fourth-order valence-electron chi connectivity index (χ4n) is 2.99. The molecule has 6 heteroatoms. The Bertz CT molecular complexity index is 569. The lowest BCUT2D eigenvalue weighted by atomic mass is 10.2. The molecule has 4 heterocycles. The van der Waals surface area contributed by atoms with Crippen molar-refractivity contribution in [2.75, 3.05) is 18.0 Å². The van der Waals surface area contributed by atoms with Gasteiger partial charge in [-0.25, -0.2) is 4.98 Å². The van der Waals surface area contributed by atoms with E-state index in [0.717, 1.165) is 29.2 Å². The van der Waals surface area contributed by atoms with Gasteiger partial charge in [0, 0.05) is 30.0 Å². The third-order valence-electron chi connectivity index (χ3n) is 3.81. The third-order valence-corrected chi connectivity index (χ3v) is 5.10. The van der Waals surface area contributed by atoms with Gasteiger partial charge in [-0.2, -0.15) is 0 Å². The molecule has 2 aromatic rings. The number of halogens is 1. The molecule has 0 radical (unpaired) electrons. The molecule has 2 bridgehead atoms. The topological polar surface area (TPSA) is 29.8 Å². The van der Waals surface area contributed by atoms with Crippen molar-refractivity contribution < 1.29 is 4.74 Å². The van der Waals surface area contributed by atoms with E-state index in [0.29, 0.717) is 12.2 Å². The summed E-state index contributed by atoms with van der Waals surface area (Å²) >= 11 is 5.28. The van der Waals surface area contributed by atoms with Crippen LogP contribution in [0.25, 0.3) is 4.96 Å². The zero-order chi connectivity index (χ0) is 12.1. The fourth-order valence-corrected chi connectivity index (χ4v) is 4.24. The summed E-state index contributed by atoms with van der Waals surface area (Å²) < 4.78 is 8.08. The summed E-state index contributed by atoms with van der Waals surface area (Å²) in [5.74, 6) is 1.14. The first-order valence-corrected chi connectivity index (χ1v) is 8.26. The Morgan fingerprint density at radius 1 is 1.39 bits per heavy atom. The molecule has 2 aromatic heterocycles. The highest BCUT2D eigenvalue weighted by atomic mass is 79.9. The number of hydrogen-bond donors (Lipinski definition) is 0. The number of morpholine rings is 1. The van der Waals surface area contributed by atoms with Crippen molar-refractivity contribution in [2.24, 2.45) is 0 Å². The molecule has 0 N–H and O–H groups in total. The molecule has 2 saturated heterocycles. The minimum absolute atomic E-state index is 0.409. The van der Waals surface area contributed by atoms with Crippen LogP contribution in [0.3, 0.4) is 0 Å². The van der Waals surface area contributed by atoms with Gasteiger partial charge >= 0.3 is 0 Å². The van der Waals surface area contributed by atoms with E-state index in [9.17, 15) is 0 Å². The van der Waals surface area contributed by atoms with Gasteiger partial charge in [0.1, 0.15) is 0 Å². The van der Waals surface area contributed by atoms with E-state index in [4.69, 9.17) is 9.72 Å². The normalized spacial score (nSPS) is 27.3. The molecule has 18 heavy (non-hydrogen) atoms. The number of ether oxygens (including phenoxy) is 1. The maximum Gasteiger partial charge on any atom is 0.195 e. The lowest BCUT2D eigenvalue weighted by molar-refractivity contribution is 0.0302. The van der Waals surface area contributed by atoms with Gasteiger partial charge in [-0.1, -0.05) is 15.9 Å². The first-order valence-electron chi connectivity index (χ1n) is 6.26. The lowest BCUT2D eigenvalue weighted by Gasteiger charge is -2.32. The number of nitrogens with zero attached hydrogens (tertiary/aromatic N) is 3. The maximum absolute atomic E-state index is 5.89. The number of imidazole rings is 1. The molecule has 2 fully saturated rings. The van der Waals surface area contributed by atoms with E-state index in [2.05, 4.69) is 36.8 Å². The van der Waals surface area contributed by atoms with Gasteiger partial charge in [0.15, 0.2) is 10.8 Å². The molecule has 4 rings (SSSR count). The van der Waals surface area contributed by atoms with Gasteiger partial charge in [-0.15, -0.1) is 11.3 Å². The quantitative estimate of drug-likeness (QED) is 0.794. The first-order chi connectivity index (χ1) is 8.85. The molecule has 0 saturated carbocycles. The maximum atomic E-state index is 5.89. The monoisotopic (exact) mass is 327 g/mol. The molecule has 96 valence electrons. The highest BCUT2D eigenvalue weighted by Gasteiger charge is 2.35. The molecule has 2 unspecified atom stereocenters. The summed E-state index contributed by atoms with van der Waals surface area (Å²) in [6, 6.07) is 0. The molecular formula is C12H14BrN3OS. The Kier molecular flexibility index (Phi) is 2.63. The van der Waals surface area contributed by atoms with Crippen LogP contribution in [0.4, 0.5) is 5.82 Å². The molecule has 2 atom stereocenters. The van der Waals surface area contributed by atoms with Gasteiger partial charge in [0.05, 0.1) is 17.9 Å². The van der Waals surface area contributed by atoms with Crippen LogP contribution in [-0.4, -0.2) is 34.7 Å². The Hall–Kier alpha value is -0.590. The van der Waals surface area contributed by atoms with Crippen LogP contribution in [0.2, 0.25) is 0 Å². The molecule has 0 aromatic carbocycles.